The van der Waals surface area contributed by atoms with Crippen LogP contribution in [0.5, 0.6) is 5.75 Å². The van der Waals surface area contributed by atoms with Gasteiger partial charge < -0.3 is 20.3 Å². The number of nitrogens with one attached hydrogen (secondary N) is 2. The third-order valence-electron chi connectivity index (χ3n) is 7.09. The largest absolute Gasteiger partial charge is 0.497 e. The number of hydrogen-bond acceptors (Lipinski definition) is 5. The van der Waals surface area contributed by atoms with Crippen molar-refractivity contribution in [3.8, 4) is 16.9 Å². The van der Waals surface area contributed by atoms with Crippen molar-refractivity contribution < 1.29 is 14.3 Å². The minimum Gasteiger partial charge on any atom is -0.497 e. The molecule has 2 heterocycles. The van der Waals surface area contributed by atoms with Crippen molar-refractivity contribution in [3.05, 3.63) is 75.0 Å². The number of hydrogen-bond donors (Lipinski definition) is 2. The molecule has 6 nitrogen and oxygen atoms in total. The average Bonchev–Trinajstić information content (AvgIpc) is 3.39. The number of carbonyl (C=O) groups is 2. The quantitative estimate of drug-likeness (QED) is 0.452. The minimum absolute atomic E-state index is 0.0726. The molecule has 0 saturated carbocycles. The SMILES string of the molecule is CNC(=O)c1cc(-c2cc(OC)cc([C@@H](C)NC(=O)c3cc(C4CCN(C)CC4)ccc3C)c2)cs1. The summed E-state index contributed by atoms with van der Waals surface area (Å²) in [6.07, 6.45) is 2.24. The van der Waals surface area contributed by atoms with Crippen molar-refractivity contribution in [3.63, 3.8) is 0 Å². The van der Waals surface area contributed by atoms with Crippen molar-refractivity contribution in [2.75, 3.05) is 34.3 Å². The average molecular weight is 506 g/mol. The normalized spacial score (nSPS) is 15.4. The van der Waals surface area contributed by atoms with Crippen LogP contribution in [0.2, 0.25) is 0 Å². The van der Waals surface area contributed by atoms with Crippen LogP contribution in [0.15, 0.2) is 47.8 Å². The number of ether oxygens (including phenoxy) is 1. The van der Waals surface area contributed by atoms with E-state index in [1.165, 1.54) is 16.9 Å². The number of methoxy groups -OCH3 is 1. The van der Waals surface area contributed by atoms with Crippen LogP contribution in [-0.2, 0) is 0 Å². The molecular formula is C29H35N3O3S. The maximum Gasteiger partial charge on any atom is 0.261 e. The Bertz CT molecular complexity index is 1240. The minimum atomic E-state index is -0.227. The zero-order chi connectivity index (χ0) is 25.8. The molecule has 0 aliphatic carbocycles. The van der Waals surface area contributed by atoms with Crippen LogP contribution < -0.4 is 15.4 Å². The van der Waals surface area contributed by atoms with E-state index in [1.807, 2.05) is 43.5 Å². The summed E-state index contributed by atoms with van der Waals surface area (Å²) < 4.78 is 5.55. The fraction of sp³-hybridized carbons (Fsp3) is 0.379. The molecule has 1 aliphatic rings. The van der Waals surface area contributed by atoms with E-state index >= 15 is 0 Å². The Hall–Kier alpha value is -3.16. The molecule has 0 spiro atoms. The number of thiophene rings is 1. The van der Waals surface area contributed by atoms with Crippen LogP contribution in [0.1, 0.15) is 68.4 Å². The number of nitrogens with zero attached hydrogens (tertiary/aromatic N) is 1. The lowest BCUT2D eigenvalue weighted by Crippen LogP contribution is -2.30. The molecule has 0 unspecified atom stereocenters. The third kappa shape index (κ3) is 5.79. The summed E-state index contributed by atoms with van der Waals surface area (Å²) in [5, 5.41) is 7.82. The first-order valence-electron chi connectivity index (χ1n) is 12.4. The standard InChI is InChI=1S/C29H35N3O3S/c1-18-6-7-21(20-8-10-32(4)11-9-20)15-26(18)28(33)31-19(2)22-12-23(14-25(13-22)35-5)24-16-27(36-17-24)29(34)30-3/h6-7,12-17,19-20H,8-11H2,1-5H3,(H,30,34)(H,31,33)/t19-/m1/s1. The van der Waals surface area contributed by atoms with Crippen LogP contribution in [-0.4, -0.2) is 51.0 Å². The van der Waals surface area contributed by atoms with Gasteiger partial charge in [-0.1, -0.05) is 12.1 Å². The number of aryl methyl sites for hydroxylation is 1. The van der Waals surface area contributed by atoms with Crippen LogP contribution >= 0.6 is 11.3 Å². The van der Waals surface area contributed by atoms with E-state index in [4.69, 9.17) is 4.74 Å². The van der Waals surface area contributed by atoms with Gasteiger partial charge in [-0.05, 0) is 116 Å². The van der Waals surface area contributed by atoms with Gasteiger partial charge in [-0.25, -0.2) is 0 Å². The Morgan fingerprint density at radius 1 is 1.06 bits per heavy atom. The van der Waals surface area contributed by atoms with Gasteiger partial charge >= 0.3 is 0 Å². The molecule has 1 aromatic heterocycles. The van der Waals surface area contributed by atoms with Gasteiger partial charge in [0.25, 0.3) is 11.8 Å². The van der Waals surface area contributed by atoms with E-state index < -0.39 is 0 Å². The van der Waals surface area contributed by atoms with E-state index in [-0.39, 0.29) is 17.9 Å². The molecular weight excluding hydrogens is 470 g/mol. The van der Waals surface area contributed by atoms with Crippen LogP contribution in [0.3, 0.4) is 0 Å². The zero-order valence-corrected chi connectivity index (χ0v) is 22.5. The van der Waals surface area contributed by atoms with E-state index in [0.717, 1.165) is 53.7 Å². The maximum absolute atomic E-state index is 13.4. The monoisotopic (exact) mass is 505 g/mol. The molecule has 7 heteroatoms. The topological polar surface area (TPSA) is 70.7 Å². The van der Waals surface area contributed by atoms with Gasteiger partial charge in [0.1, 0.15) is 5.75 Å². The van der Waals surface area contributed by atoms with Crippen LogP contribution in [0.25, 0.3) is 11.1 Å². The van der Waals surface area contributed by atoms with Crippen molar-refractivity contribution in [1.29, 1.82) is 0 Å². The van der Waals surface area contributed by atoms with Gasteiger partial charge in [-0.3, -0.25) is 9.59 Å². The Labute approximate surface area is 217 Å². The lowest BCUT2D eigenvalue weighted by atomic mass is 9.87. The van der Waals surface area contributed by atoms with E-state index in [9.17, 15) is 9.59 Å². The second-order valence-corrected chi connectivity index (χ2v) is 10.5. The molecule has 36 heavy (non-hydrogen) atoms. The fourth-order valence-corrected chi connectivity index (χ4v) is 5.59. The highest BCUT2D eigenvalue weighted by Crippen LogP contribution is 2.32. The summed E-state index contributed by atoms with van der Waals surface area (Å²) in [6, 6.07) is 13.9. The number of benzene rings is 2. The molecule has 1 aliphatic heterocycles. The third-order valence-corrected chi connectivity index (χ3v) is 8.02. The summed E-state index contributed by atoms with van der Waals surface area (Å²) in [5.41, 5.74) is 5.78. The van der Waals surface area contributed by atoms with Crippen LogP contribution in [0.4, 0.5) is 0 Å². The zero-order valence-electron chi connectivity index (χ0n) is 21.7. The molecule has 1 fully saturated rings. The summed E-state index contributed by atoms with van der Waals surface area (Å²) in [7, 11) is 5.42. The summed E-state index contributed by atoms with van der Waals surface area (Å²) in [4.78, 5) is 28.4. The Kier molecular flexibility index (Phi) is 8.11. The van der Waals surface area contributed by atoms with Crippen LogP contribution in [0, 0.1) is 6.92 Å². The lowest BCUT2D eigenvalue weighted by molar-refractivity contribution is 0.0936. The fourth-order valence-electron chi connectivity index (χ4n) is 4.72. The molecule has 2 N–H and O–H groups in total. The summed E-state index contributed by atoms with van der Waals surface area (Å²) >= 11 is 1.40. The highest BCUT2D eigenvalue weighted by molar-refractivity contribution is 7.12. The first-order chi connectivity index (χ1) is 17.3. The first-order valence-corrected chi connectivity index (χ1v) is 13.3. The predicted octanol–water partition coefficient (Wildman–Crippen LogP) is 5.39. The second-order valence-electron chi connectivity index (χ2n) is 9.62. The second kappa shape index (κ2) is 11.3. The number of piperidine rings is 1. The number of rotatable bonds is 7. The van der Waals surface area contributed by atoms with Crippen molar-refractivity contribution >= 4 is 23.2 Å². The lowest BCUT2D eigenvalue weighted by Gasteiger charge is -2.29. The summed E-state index contributed by atoms with van der Waals surface area (Å²) in [6.45, 7) is 6.15. The Morgan fingerprint density at radius 2 is 1.81 bits per heavy atom. The highest BCUT2D eigenvalue weighted by Gasteiger charge is 2.21. The van der Waals surface area contributed by atoms with E-state index in [1.54, 1.807) is 14.2 Å². The molecule has 3 aromatic rings. The summed E-state index contributed by atoms with van der Waals surface area (Å²) in [5.74, 6) is 1.03. The molecule has 2 aromatic carbocycles. The van der Waals surface area contributed by atoms with Crippen molar-refractivity contribution in [2.45, 2.75) is 38.6 Å². The highest BCUT2D eigenvalue weighted by atomic mass is 32.1. The van der Waals surface area contributed by atoms with Gasteiger partial charge in [0, 0.05) is 12.6 Å². The van der Waals surface area contributed by atoms with E-state index in [2.05, 4.69) is 40.8 Å². The Balaban J connectivity index is 1.55. The van der Waals surface area contributed by atoms with Gasteiger partial charge in [-0.15, -0.1) is 11.3 Å². The molecule has 1 saturated heterocycles. The van der Waals surface area contributed by atoms with Crippen molar-refractivity contribution in [2.24, 2.45) is 0 Å². The van der Waals surface area contributed by atoms with Gasteiger partial charge in [0.15, 0.2) is 0 Å². The molecule has 0 bridgehead atoms. The number of carbonyl (C=O) groups excluding carboxylic acids is 2. The molecule has 0 radical (unpaired) electrons. The maximum atomic E-state index is 13.4. The molecule has 1 atom stereocenters. The van der Waals surface area contributed by atoms with E-state index in [0.29, 0.717) is 16.5 Å². The Morgan fingerprint density at radius 3 is 2.50 bits per heavy atom. The molecule has 2 amide bonds. The molecule has 4 rings (SSSR count). The smallest absolute Gasteiger partial charge is 0.261 e. The van der Waals surface area contributed by atoms with Crippen molar-refractivity contribution in [1.82, 2.24) is 15.5 Å². The van der Waals surface area contributed by atoms with Gasteiger partial charge in [0.05, 0.1) is 18.0 Å². The van der Waals surface area contributed by atoms with Gasteiger partial charge in [0.2, 0.25) is 0 Å². The van der Waals surface area contributed by atoms with Gasteiger partial charge in [-0.2, -0.15) is 0 Å². The number of likely N-dealkylation sites (tertiary alicyclic amines) is 1. The molecule has 190 valence electrons. The first kappa shape index (κ1) is 25.9. The number of amides is 2. The predicted molar refractivity (Wildman–Crippen MR) is 146 cm³/mol.